The molecule has 7 nitrogen and oxygen atoms in total. The Morgan fingerprint density at radius 1 is 1.21 bits per heavy atom. The zero-order valence-electron chi connectivity index (χ0n) is 15.3. The predicted molar refractivity (Wildman–Crippen MR) is 111 cm³/mol. The highest BCUT2D eigenvalue weighted by molar-refractivity contribution is 7.89. The van der Waals surface area contributed by atoms with Crippen LogP contribution in [0.25, 0.3) is 10.2 Å². The van der Waals surface area contributed by atoms with E-state index in [0.29, 0.717) is 16.4 Å². The van der Waals surface area contributed by atoms with Crippen molar-refractivity contribution in [2.45, 2.75) is 24.8 Å². The number of thiazole rings is 1. The highest BCUT2D eigenvalue weighted by atomic mass is 35.5. The highest BCUT2D eigenvalue weighted by Gasteiger charge is 2.20. The second-order valence-electron chi connectivity index (χ2n) is 6.22. The number of carbonyl (C=O) groups excluding carboxylic acids is 1. The Morgan fingerprint density at radius 3 is 2.64 bits per heavy atom. The maximum absolute atomic E-state index is 12.7. The molecule has 3 rings (SSSR count). The van der Waals surface area contributed by atoms with Crippen LogP contribution in [0.5, 0.6) is 5.75 Å². The maximum atomic E-state index is 12.7. The van der Waals surface area contributed by atoms with E-state index in [-0.39, 0.29) is 21.5 Å². The number of methoxy groups -OCH3 is 1. The van der Waals surface area contributed by atoms with Crippen molar-refractivity contribution in [1.82, 2.24) is 9.71 Å². The fraction of sp³-hybridized carbons (Fsp3) is 0.222. The van der Waals surface area contributed by atoms with Crippen molar-refractivity contribution >= 4 is 54.2 Å². The first-order valence-electron chi connectivity index (χ1n) is 8.27. The molecule has 10 heteroatoms. The molecule has 0 aliphatic rings. The molecule has 0 saturated heterocycles. The number of nitrogens with one attached hydrogen (secondary N) is 2. The normalized spacial score (nSPS) is 11.8. The maximum Gasteiger partial charge on any atom is 0.259 e. The Morgan fingerprint density at radius 2 is 1.96 bits per heavy atom. The zero-order chi connectivity index (χ0) is 20.5. The molecule has 148 valence electrons. The Kier molecular flexibility index (Phi) is 5.90. The van der Waals surface area contributed by atoms with Crippen LogP contribution in [0.4, 0.5) is 5.13 Å². The van der Waals surface area contributed by atoms with Gasteiger partial charge in [0.05, 0.1) is 32.8 Å². The first kappa shape index (κ1) is 20.5. The molecule has 1 aromatic heterocycles. The molecule has 28 heavy (non-hydrogen) atoms. The summed E-state index contributed by atoms with van der Waals surface area (Å²) >= 11 is 7.40. The number of rotatable bonds is 6. The second-order valence-corrected chi connectivity index (χ2v) is 9.38. The van der Waals surface area contributed by atoms with Crippen LogP contribution in [0.2, 0.25) is 5.02 Å². The van der Waals surface area contributed by atoms with Gasteiger partial charge in [-0.15, -0.1) is 0 Å². The fourth-order valence-electron chi connectivity index (χ4n) is 2.47. The lowest BCUT2D eigenvalue weighted by Crippen LogP contribution is -2.30. The number of halogens is 1. The van der Waals surface area contributed by atoms with Crippen molar-refractivity contribution in [3.8, 4) is 5.75 Å². The average molecular weight is 440 g/mol. The third-order valence-electron chi connectivity index (χ3n) is 3.70. The number of fused-ring (bicyclic) bond motifs is 1. The van der Waals surface area contributed by atoms with Gasteiger partial charge in [-0.2, -0.15) is 0 Å². The monoisotopic (exact) mass is 439 g/mol. The Balaban J connectivity index is 1.89. The fourth-order valence-corrected chi connectivity index (χ4v) is 4.84. The number of aromatic nitrogens is 1. The summed E-state index contributed by atoms with van der Waals surface area (Å²) in [5.74, 6) is 0.144. The molecule has 0 saturated carbocycles. The lowest BCUT2D eigenvalue weighted by Gasteiger charge is -2.11. The summed E-state index contributed by atoms with van der Waals surface area (Å²) < 4.78 is 33.2. The zero-order valence-corrected chi connectivity index (χ0v) is 17.7. The van der Waals surface area contributed by atoms with Gasteiger partial charge in [0.15, 0.2) is 5.13 Å². The smallest absolute Gasteiger partial charge is 0.259 e. The van der Waals surface area contributed by atoms with Crippen molar-refractivity contribution in [1.29, 1.82) is 0 Å². The molecule has 0 radical (unpaired) electrons. The van der Waals surface area contributed by atoms with Crippen LogP contribution in [-0.2, 0) is 10.0 Å². The van der Waals surface area contributed by atoms with E-state index in [1.807, 2.05) is 6.07 Å². The molecular weight excluding hydrogens is 422 g/mol. The number of sulfonamides is 1. The average Bonchev–Trinajstić information content (AvgIpc) is 3.01. The van der Waals surface area contributed by atoms with Crippen molar-refractivity contribution in [3.05, 3.63) is 47.0 Å². The van der Waals surface area contributed by atoms with E-state index in [4.69, 9.17) is 16.3 Å². The van der Waals surface area contributed by atoms with Crippen LogP contribution in [0.3, 0.4) is 0 Å². The lowest BCUT2D eigenvalue weighted by molar-refractivity contribution is 0.102. The van der Waals surface area contributed by atoms with Gasteiger partial charge < -0.3 is 4.74 Å². The minimum Gasteiger partial charge on any atom is -0.497 e. The summed E-state index contributed by atoms with van der Waals surface area (Å²) in [6.07, 6.45) is 0. The standard InChI is InChI=1S/C18H18ClN3O4S2/c1-10(2)22-28(24,25)12-5-6-14(19)13(9-12)17(23)21-18-20-15-7-4-11(26-3)8-16(15)27-18/h4-10,22H,1-3H3,(H,20,21,23). The van der Waals surface area contributed by atoms with Crippen LogP contribution in [-0.4, -0.2) is 32.5 Å². The molecule has 0 unspecified atom stereocenters. The van der Waals surface area contributed by atoms with Crippen LogP contribution >= 0.6 is 22.9 Å². The van der Waals surface area contributed by atoms with Gasteiger partial charge in [0.25, 0.3) is 5.91 Å². The van der Waals surface area contributed by atoms with Gasteiger partial charge in [-0.25, -0.2) is 18.1 Å². The van der Waals surface area contributed by atoms with E-state index in [1.54, 1.807) is 33.1 Å². The molecule has 1 amide bonds. The molecule has 0 spiro atoms. The van der Waals surface area contributed by atoms with E-state index >= 15 is 0 Å². The number of benzene rings is 2. The first-order valence-corrected chi connectivity index (χ1v) is 10.9. The lowest BCUT2D eigenvalue weighted by atomic mass is 10.2. The van der Waals surface area contributed by atoms with Crippen molar-refractivity contribution < 1.29 is 17.9 Å². The third-order valence-corrected chi connectivity index (χ3v) is 6.62. The number of nitrogens with zero attached hydrogens (tertiary/aromatic N) is 1. The van der Waals surface area contributed by atoms with Gasteiger partial charge in [0.2, 0.25) is 10.0 Å². The number of hydrogen-bond donors (Lipinski definition) is 2. The van der Waals surface area contributed by atoms with Gasteiger partial charge >= 0.3 is 0 Å². The Labute approximate surface area is 171 Å². The molecule has 1 heterocycles. The predicted octanol–water partition coefficient (Wildman–Crippen LogP) is 3.90. The molecule has 0 fully saturated rings. The van der Waals surface area contributed by atoms with E-state index in [1.165, 1.54) is 29.5 Å². The molecule has 0 atom stereocenters. The Bertz CT molecular complexity index is 1140. The Hall–Kier alpha value is -2.20. The van der Waals surface area contributed by atoms with E-state index < -0.39 is 15.9 Å². The quantitative estimate of drug-likeness (QED) is 0.607. The molecule has 2 N–H and O–H groups in total. The number of amides is 1. The van der Waals surface area contributed by atoms with Crippen LogP contribution in [0.1, 0.15) is 24.2 Å². The summed E-state index contributed by atoms with van der Waals surface area (Å²) in [5.41, 5.74) is 0.759. The molecule has 0 aliphatic carbocycles. The van der Waals surface area contributed by atoms with Crippen LogP contribution < -0.4 is 14.8 Å². The number of hydrogen-bond acceptors (Lipinski definition) is 6. The number of carbonyl (C=O) groups is 1. The summed E-state index contributed by atoms with van der Waals surface area (Å²) in [6, 6.07) is 9.10. The SMILES string of the molecule is COc1ccc2nc(NC(=O)c3cc(S(=O)(=O)NC(C)C)ccc3Cl)sc2c1. The third kappa shape index (κ3) is 4.44. The highest BCUT2D eigenvalue weighted by Crippen LogP contribution is 2.30. The minimum absolute atomic E-state index is 0.0372. The van der Waals surface area contributed by atoms with Crippen molar-refractivity contribution in [3.63, 3.8) is 0 Å². The van der Waals surface area contributed by atoms with Gasteiger partial charge in [-0.05, 0) is 50.2 Å². The van der Waals surface area contributed by atoms with E-state index in [2.05, 4.69) is 15.0 Å². The second kappa shape index (κ2) is 8.04. The van der Waals surface area contributed by atoms with Gasteiger partial charge in [0.1, 0.15) is 5.75 Å². The number of anilines is 1. The molecule has 3 aromatic rings. The van der Waals surface area contributed by atoms with Gasteiger partial charge in [0, 0.05) is 6.04 Å². The number of ether oxygens (including phenoxy) is 1. The van der Waals surface area contributed by atoms with Crippen molar-refractivity contribution in [2.75, 3.05) is 12.4 Å². The summed E-state index contributed by atoms with van der Waals surface area (Å²) in [4.78, 5) is 17.0. The summed E-state index contributed by atoms with van der Waals surface area (Å²) in [6.45, 7) is 3.42. The summed E-state index contributed by atoms with van der Waals surface area (Å²) in [5, 5.41) is 3.19. The minimum atomic E-state index is -3.75. The van der Waals surface area contributed by atoms with Crippen molar-refractivity contribution in [2.24, 2.45) is 0 Å². The molecular formula is C18H18ClN3O4S2. The molecule has 0 aliphatic heterocycles. The molecule has 2 aromatic carbocycles. The first-order chi connectivity index (χ1) is 13.2. The topological polar surface area (TPSA) is 97.4 Å². The van der Waals surface area contributed by atoms with Gasteiger partial charge in [-0.1, -0.05) is 22.9 Å². The van der Waals surface area contributed by atoms with Gasteiger partial charge in [-0.3, -0.25) is 10.1 Å². The molecule has 0 bridgehead atoms. The van der Waals surface area contributed by atoms with E-state index in [9.17, 15) is 13.2 Å². The van der Waals surface area contributed by atoms with Crippen LogP contribution in [0, 0.1) is 0 Å². The summed E-state index contributed by atoms with van der Waals surface area (Å²) in [7, 11) is -2.18. The van der Waals surface area contributed by atoms with E-state index in [0.717, 1.165) is 4.70 Å². The van der Waals surface area contributed by atoms with Crippen LogP contribution in [0.15, 0.2) is 41.3 Å². The largest absolute Gasteiger partial charge is 0.497 e.